The van der Waals surface area contributed by atoms with Crippen LogP contribution in [0.15, 0.2) is 30.7 Å². The number of aromatic nitrogens is 2. The molecule has 90 valence electrons. The fourth-order valence-electron chi connectivity index (χ4n) is 1.62. The van der Waals surface area contributed by atoms with Crippen LogP contribution in [0, 0.1) is 12.7 Å². The molecular formula is C12H14FN3O. The maximum absolute atomic E-state index is 13.5. The molecule has 1 atom stereocenters. The van der Waals surface area contributed by atoms with E-state index < -0.39 is 6.04 Å². The Morgan fingerprint density at radius 1 is 1.53 bits per heavy atom. The smallest absolute Gasteiger partial charge is 0.128 e. The van der Waals surface area contributed by atoms with Crippen LogP contribution >= 0.6 is 0 Å². The van der Waals surface area contributed by atoms with Crippen molar-refractivity contribution in [1.82, 2.24) is 9.55 Å². The van der Waals surface area contributed by atoms with Gasteiger partial charge in [0.15, 0.2) is 0 Å². The van der Waals surface area contributed by atoms with Gasteiger partial charge >= 0.3 is 0 Å². The van der Waals surface area contributed by atoms with Crippen molar-refractivity contribution in [2.45, 2.75) is 13.0 Å². The van der Waals surface area contributed by atoms with E-state index in [1.165, 1.54) is 6.07 Å². The molecule has 1 aromatic heterocycles. The summed E-state index contributed by atoms with van der Waals surface area (Å²) >= 11 is 0. The van der Waals surface area contributed by atoms with Gasteiger partial charge in [-0.15, -0.1) is 0 Å². The Labute approximate surface area is 98.5 Å². The molecule has 17 heavy (non-hydrogen) atoms. The Hall–Kier alpha value is -1.72. The molecule has 0 radical (unpaired) electrons. The third-order valence-corrected chi connectivity index (χ3v) is 2.68. The first-order valence-electron chi connectivity index (χ1n) is 5.28. The molecular weight excluding hydrogens is 221 g/mol. The average Bonchev–Trinajstić information content (AvgIpc) is 2.80. The Kier molecular flexibility index (Phi) is 3.21. The van der Waals surface area contributed by atoms with E-state index >= 15 is 0 Å². The SMILES string of the molecule is Cc1ccc(-n2cncc2C(N)CO)cc1F. The zero-order valence-electron chi connectivity index (χ0n) is 9.47. The zero-order chi connectivity index (χ0) is 12.4. The molecule has 0 amide bonds. The quantitative estimate of drug-likeness (QED) is 0.843. The van der Waals surface area contributed by atoms with Crippen LogP contribution in [0.3, 0.4) is 0 Å². The molecule has 0 saturated carbocycles. The van der Waals surface area contributed by atoms with E-state index in [0.717, 1.165) is 0 Å². The standard InChI is InChI=1S/C12H14FN3O/c1-8-2-3-9(4-10(8)13)16-7-15-5-12(16)11(14)6-17/h2-5,7,11,17H,6,14H2,1H3. The number of benzene rings is 1. The number of aliphatic hydroxyl groups excluding tert-OH is 1. The minimum absolute atomic E-state index is 0.181. The number of rotatable bonds is 3. The molecule has 0 bridgehead atoms. The second-order valence-corrected chi connectivity index (χ2v) is 3.91. The van der Waals surface area contributed by atoms with Gasteiger partial charge in [0.05, 0.1) is 30.9 Å². The van der Waals surface area contributed by atoms with E-state index in [0.29, 0.717) is 16.9 Å². The molecule has 0 fully saturated rings. The topological polar surface area (TPSA) is 64.1 Å². The normalized spacial score (nSPS) is 12.7. The van der Waals surface area contributed by atoms with Gasteiger partial charge in [0.25, 0.3) is 0 Å². The van der Waals surface area contributed by atoms with Crippen LogP contribution in [0.1, 0.15) is 17.3 Å². The number of hydrogen-bond donors (Lipinski definition) is 2. The van der Waals surface area contributed by atoms with Gasteiger partial charge in [0, 0.05) is 5.69 Å². The Balaban J connectivity index is 2.46. The van der Waals surface area contributed by atoms with Gasteiger partial charge in [0.1, 0.15) is 5.82 Å². The minimum atomic E-state index is -0.526. The summed E-state index contributed by atoms with van der Waals surface area (Å²) in [5, 5.41) is 9.04. The predicted molar refractivity (Wildman–Crippen MR) is 62.3 cm³/mol. The van der Waals surface area contributed by atoms with E-state index in [9.17, 15) is 4.39 Å². The zero-order valence-corrected chi connectivity index (χ0v) is 9.47. The fraction of sp³-hybridized carbons (Fsp3) is 0.250. The molecule has 0 spiro atoms. The molecule has 0 aliphatic rings. The lowest BCUT2D eigenvalue weighted by molar-refractivity contribution is 0.265. The molecule has 0 aliphatic heterocycles. The molecule has 3 N–H and O–H groups in total. The van der Waals surface area contributed by atoms with Crippen molar-refractivity contribution in [2.24, 2.45) is 5.73 Å². The first-order chi connectivity index (χ1) is 8.13. The van der Waals surface area contributed by atoms with E-state index in [2.05, 4.69) is 4.98 Å². The number of nitrogens with zero attached hydrogens (tertiary/aromatic N) is 2. The van der Waals surface area contributed by atoms with Crippen LogP contribution in [0.2, 0.25) is 0 Å². The van der Waals surface area contributed by atoms with Crippen molar-refractivity contribution >= 4 is 0 Å². The van der Waals surface area contributed by atoms with E-state index in [4.69, 9.17) is 10.8 Å². The molecule has 4 nitrogen and oxygen atoms in total. The molecule has 0 aliphatic carbocycles. The third-order valence-electron chi connectivity index (χ3n) is 2.68. The third kappa shape index (κ3) is 2.20. The molecule has 1 unspecified atom stereocenters. The molecule has 5 heteroatoms. The highest BCUT2D eigenvalue weighted by molar-refractivity contribution is 5.37. The average molecular weight is 235 g/mol. The van der Waals surface area contributed by atoms with Gasteiger partial charge in [-0.1, -0.05) is 6.07 Å². The van der Waals surface area contributed by atoms with E-state index in [1.807, 2.05) is 0 Å². The Morgan fingerprint density at radius 3 is 2.94 bits per heavy atom. The maximum atomic E-state index is 13.5. The summed E-state index contributed by atoms with van der Waals surface area (Å²) in [5.74, 6) is -0.278. The highest BCUT2D eigenvalue weighted by atomic mass is 19.1. The van der Waals surface area contributed by atoms with Gasteiger partial charge in [-0.05, 0) is 24.6 Å². The highest BCUT2D eigenvalue weighted by Gasteiger charge is 2.12. The van der Waals surface area contributed by atoms with Gasteiger partial charge in [0.2, 0.25) is 0 Å². The van der Waals surface area contributed by atoms with Crippen LogP contribution in [-0.4, -0.2) is 21.3 Å². The Morgan fingerprint density at radius 2 is 2.29 bits per heavy atom. The van der Waals surface area contributed by atoms with Crippen LogP contribution < -0.4 is 5.73 Å². The maximum Gasteiger partial charge on any atom is 0.128 e. The highest BCUT2D eigenvalue weighted by Crippen LogP contribution is 2.18. The lowest BCUT2D eigenvalue weighted by Gasteiger charge is -2.12. The lowest BCUT2D eigenvalue weighted by Crippen LogP contribution is -2.18. The number of aryl methyl sites for hydroxylation is 1. The number of aliphatic hydroxyl groups is 1. The summed E-state index contributed by atoms with van der Waals surface area (Å²) in [6, 6.07) is 4.37. The largest absolute Gasteiger partial charge is 0.394 e. The minimum Gasteiger partial charge on any atom is -0.394 e. The van der Waals surface area contributed by atoms with Crippen molar-refractivity contribution < 1.29 is 9.50 Å². The molecule has 2 aromatic rings. The first-order valence-corrected chi connectivity index (χ1v) is 5.28. The van der Waals surface area contributed by atoms with Crippen LogP contribution in [-0.2, 0) is 0 Å². The summed E-state index contributed by atoms with van der Waals surface area (Å²) in [4.78, 5) is 3.97. The van der Waals surface area contributed by atoms with Gasteiger partial charge in [-0.2, -0.15) is 0 Å². The number of halogens is 1. The van der Waals surface area contributed by atoms with E-state index in [1.54, 1.807) is 36.1 Å². The number of nitrogens with two attached hydrogens (primary N) is 1. The second-order valence-electron chi connectivity index (χ2n) is 3.91. The van der Waals surface area contributed by atoms with Gasteiger partial charge in [-0.3, -0.25) is 0 Å². The predicted octanol–water partition coefficient (Wildman–Crippen LogP) is 1.31. The summed E-state index contributed by atoms with van der Waals surface area (Å²) < 4.78 is 15.1. The molecule has 1 aromatic carbocycles. The number of imidazole rings is 1. The summed E-state index contributed by atoms with van der Waals surface area (Å²) in [6.07, 6.45) is 3.12. The fourth-order valence-corrected chi connectivity index (χ4v) is 1.62. The Bertz CT molecular complexity index is 524. The molecule has 2 rings (SSSR count). The molecule has 1 heterocycles. The summed E-state index contributed by atoms with van der Waals surface area (Å²) in [6.45, 7) is 1.52. The van der Waals surface area contributed by atoms with Crippen molar-refractivity contribution in [3.63, 3.8) is 0 Å². The van der Waals surface area contributed by atoms with Crippen molar-refractivity contribution in [3.05, 3.63) is 47.8 Å². The lowest BCUT2D eigenvalue weighted by atomic mass is 10.2. The summed E-state index contributed by atoms with van der Waals surface area (Å²) in [5.41, 5.74) is 7.62. The van der Waals surface area contributed by atoms with Crippen LogP contribution in [0.4, 0.5) is 4.39 Å². The monoisotopic (exact) mass is 235 g/mol. The first kappa shape index (κ1) is 11.8. The van der Waals surface area contributed by atoms with Gasteiger partial charge in [-0.25, -0.2) is 9.37 Å². The van der Waals surface area contributed by atoms with Gasteiger partial charge < -0.3 is 15.4 Å². The van der Waals surface area contributed by atoms with Crippen LogP contribution in [0.25, 0.3) is 5.69 Å². The van der Waals surface area contributed by atoms with Crippen molar-refractivity contribution in [2.75, 3.05) is 6.61 Å². The van der Waals surface area contributed by atoms with E-state index in [-0.39, 0.29) is 12.4 Å². The van der Waals surface area contributed by atoms with Crippen molar-refractivity contribution in [3.8, 4) is 5.69 Å². The second kappa shape index (κ2) is 4.65. The van der Waals surface area contributed by atoms with Crippen molar-refractivity contribution in [1.29, 1.82) is 0 Å². The van der Waals surface area contributed by atoms with Crippen LogP contribution in [0.5, 0.6) is 0 Å². The summed E-state index contributed by atoms with van der Waals surface area (Å²) in [7, 11) is 0. The molecule has 0 saturated heterocycles. The number of hydrogen-bond acceptors (Lipinski definition) is 3.